The molecule has 12 heavy (non-hydrogen) atoms. The lowest BCUT2D eigenvalue weighted by molar-refractivity contribution is -0.139. The van der Waals surface area contributed by atoms with Gasteiger partial charge in [-0.05, 0) is 18.3 Å². The Morgan fingerprint density at radius 1 is 1.58 bits per heavy atom. The molecular formula is C10H18O2. The number of rotatable bonds is 5. The van der Waals surface area contributed by atoms with Gasteiger partial charge in [-0.1, -0.05) is 33.1 Å². The summed E-state index contributed by atoms with van der Waals surface area (Å²) >= 11 is 0. The van der Waals surface area contributed by atoms with E-state index in [0.717, 1.165) is 12.8 Å². The van der Waals surface area contributed by atoms with Gasteiger partial charge >= 0.3 is 5.97 Å². The molecule has 0 aromatic heterocycles. The topological polar surface area (TPSA) is 37.3 Å². The number of aliphatic carboxylic acids is 1. The number of hydrogen-bond donors (Lipinski definition) is 1. The van der Waals surface area contributed by atoms with Crippen LogP contribution < -0.4 is 0 Å². The van der Waals surface area contributed by atoms with Crippen LogP contribution in [0.4, 0.5) is 0 Å². The van der Waals surface area contributed by atoms with Crippen LogP contribution >= 0.6 is 0 Å². The maximum Gasteiger partial charge on any atom is 0.307 e. The summed E-state index contributed by atoms with van der Waals surface area (Å²) in [6.45, 7) is 4.27. The number of carboxylic acids is 1. The molecule has 0 aromatic carbocycles. The zero-order valence-electron chi connectivity index (χ0n) is 7.97. The first-order valence-corrected chi connectivity index (χ1v) is 4.83. The summed E-state index contributed by atoms with van der Waals surface area (Å²) in [6.07, 6.45) is 5.64. The van der Waals surface area contributed by atoms with Crippen molar-refractivity contribution in [1.29, 1.82) is 0 Å². The first-order chi connectivity index (χ1) is 5.60. The van der Waals surface area contributed by atoms with Gasteiger partial charge in [-0.2, -0.15) is 0 Å². The second-order valence-electron chi connectivity index (χ2n) is 4.21. The number of carbonyl (C=O) groups is 1. The lowest BCUT2D eigenvalue weighted by atomic mass is 9.98. The standard InChI is InChI=1S/C10H18O2/c1-3-4-5-6-10(2)7-8(10)9(11)12/h8H,3-7H2,1-2H3,(H,11,12). The van der Waals surface area contributed by atoms with Crippen molar-refractivity contribution in [3.63, 3.8) is 0 Å². The number of unbranched alkanes of at least 4 members (excludes halogenated alkanes) is 2. The van der Waals surface area contributed by atoms with Crippen LogP contribution in [0.2, 0.25) is 0 Å². The minimum atomic E-state index is -0.603. The zero-order valence-corrected chi connectivity index (χ0v) is 7.97. The van der Waals surface area contributed by atoms with E-state index in [1.165, 1.54) is 19.3 Å². The Morgan fingerprint density at radius 2 is 2.25 bits per heavy atom. The highest BCUT2D eigenvalue weighted by molar-refractivity contribution is 5.74. The predicted molar refractivity (Wildman–Crippen MR) is 48.0 cm³/mol. The molecule has 0 amide bonds. The number of hydrogen-bond acceptors (Lipinski definition) is 1. The van der Waals surface area contributed by atoms with Crippen molar-refractivity contribution in [2.24, 2.45) is 11.3 Å². The van der Waals surface area contributed by atoms with E-state index in [9.17, 15) is 4.79 Å². The van der Waals surface area contributed by atoms with Gasteiger partial charge in [0.25, 0.3) is 0 Å². The summed E-state index contributed by atoms with van der Waals surface area (Å²) in [5.74, 6) is -0.650. The van der Waals surface area contributed by atoms with Gasteiger partial charge in [0.15, 0.2) is 0 Å². The molecule has 0 spiro atoms. The molecular weight excluding hydrogens is 152 g/mol. The van der Waals surface area contributed by atoms with Crippen molar-refractivity contribution in [3.8, 4) is 0 Å². The fourth-order valence-electron chi connectivity index (χ4n) is 1.85. The first kappa shape index (κ1) is 9.56. The molecule has 0 aliphatic heterocycles. The lowest BCUT2D eigenvalue weighted by Crippen LogP contribution is -2.06. The fourth-order valence-corrected chi connectivity index (χ4v) is 1.85. The van der Waals surface area contributed by atoms with E-state index in [-0.39, 0.29) is 11.3 Å². The lowest BCUT2D eigenvalue weighted by Gasteiger charge is -2.07. The third-order valence-corrected chi connectivity index (χ3v) is 3.00. The van der Waals surface area contributed by atoms with Crippen LogP contribution in [0.1, 0.15) is 46.0 Å². The molecule has 0 heterocycles. The molecule has 1 aliphatic carbocycles. The minimum Gasteiger partial charge on any atom is -0.481 e. The highest BCUT2D eigenvalue weighted by Gasteiger charge is 2.53. The molecule has 1 aliphatic rings. The molecule has 2 atom stereocenters. The van der Waals surface area contributed by atoms with Gasteiger partial charge in [0.05, 0.1) is 5.92 Å². The minimum absolute atomic E-state index is 0.0469. The Bertz CT molecular complexity index is 177. The summed E-state index contributed by atoms with van der Waals surface area (Å²) < 4.78 is 0. The molecule has 0 aromatic rings. The molecule has 2 nitrogen and oxygen atoms in total. The third kappa shape index (κ3) is 1.99. The van der Waals surface area contributed by atoms with Crippen molar-refractivity contribution in [3.05, 3.63) is 0 Å². The average molecular weight is 170 g/mol. The average Bonchev–Trinajstić information content (AvgIpc) is 2.64. The summed E-state index contributed by atoms with van der Waals surface area (Å²) in [7, 11) is 0. The smallest absolute Gasteiger partial charge is 0.307 e. The Morgan fingerprint density at radius 3 is 2.67 bits per heavy atom. The van der Waals surface area contributed by atoms with Crippen LogP contribution in [-0.2, 0) is 4.79 Å². The second-order valence-corrected chi connectivity index (χ2v) is 4.21. The monoisotopic (exact) mass is 170 g/mol. The molecule has 0 radical (unpaired) electrons. The Kier molecular flexibility index (Phi) is 2.76. The highest BCUT2D eigenvalue weighted by atomic mass is 16.4. The summed E-state index contributed by atoms with van der Waals surface area (Å²) in [6, 6.07) is 0. The van der Waals surface area contributed by atoms with E-state index < -0.39 is 5.97 Å². The molecule has 1 fully saturated rings. The third-order valence-electron chi connectivity index (χ3n) is 3.00. The molecule has 70 valence electrons. The first-order valence-electron chi connectivity index (χ1n) is 4.83. The molecule has 1 saturated carbocycles. The molecule has 2 heteroatoms. The summed E-state index contributed by atoms with van der Waals surface area (Å²) in [4.78, 5) is 10.6. The van der Waals surface area contributed by atoms with Gasteiger partial charge in [-0.3, -0.25) is 4.79 Å². The maximum absolute atomic E-state index is 10.6. The Labute approximate surface area is 74.0 Å². The second kappa shape index (κ2) is 3.46. The molecule has 1 N–H and O–H groups in total. The van der Waals surface area contributed by atoms with E-state index in [4.69, 9.17) is 5.11 Å². The van der Waals surface area contributed by atoms with Crippen LogP contribution in [0.3, 0.4) is 0 Å². The van der Waals surface area contributed by atoms with Gasteiger partial charge in [-0.15, -0.1) is 0 Å². The van der Waals surface area contributed by atoms with Crippen LogP contribution in [0, 0.1) is 11.3 Å². The van der Waals surface area contributed by atoms with Crippen molar-refractivity contribution >= 4 is 5.97 Å². The van der Waals surface area contributed by atoms with Crippen LogP contribution in [0.25, 0.3) is 0 Å². The van der Waals surface area contributed by atoms with Crippen molar-refractivity contribution < 1.29 is 9.90 Å². The SMILES string of the molecule is CCCCCC1(C)CC1C(=O)O. The predicted octanol–water partition coefficient (Wildman–Crippen LogP) is 2.68. The molecule has 2 unspecified atom stereocenters. The Hall–Kier alpha value is -0.530. The van der Waals surface area contributed by atoms with Crippen LogP contribution in [-0.4, -0.2) is 11.1 Å². The largest absolute Gasteiger partial charge is 0.481 e. The molecule has 0 bridgehead atoms. The van der Waals surface area contributed by atoms with Gasteiger partial charge in [0, 0.05) is 0 Å². The van der Waals surface area contributed by atoms with E-state index in [0.29, 0.717) is 0 Å². The van der Waals surface area contributed by atoms with E-state index >= 15 is 0 Å². The normalized spacial score (nSPS) is 33.3. The van der Waals surface area contributed by atoms with Gasteiger partial charge in [-0.25, -0.2) is 0 Å². The molecule has 1 rings (SSSR count). The zero-order chi connectivity index (χ0) is 9.19. The van der Waals surface area contributed by atoms with Crippen molar-refractivity contribution in [2.45, 2.75) is 46.0 Å². The maximum atomic E-state index is 10.6. The van der Waals surface area contributed by atoms with E-state index in [1.54, 1.807) is 0 Å². The van der Waals surface area contributed by atoms with Gasteiger partial charge in [0.2, 0.25) is 0 Å². The summed E-state index contributed by atoms with van der Waals surface area (Å²) in [5, 5.41) is 8.75. The van der Waals surface area contributed by atoms with E-state index in [1.807, 2.05) is 0 Å². The quantitative estimate of drug-likeness (QED) is 0.644. The number of carboxylic acid groups (broad SMARTS) is 1. The molecule has 0 saturated heterocycles. The van der Waals surface area contributed by atoms with Crippen molar-refractivity contribution in [1.82, 2.24) is 0 Å². The van der Waals surface area contributed by atoms with Gasteiger partial charge < -0.3 is 5.11 Å². The van der Waals surface area contributed by atoms with Crippen molar-refractivity contribution in [2.75, 3.05) is 0 Å². The highest BCUT2D eigenvalue weighted by Crippen LogP contribution is 2.55. The Balaban J connectivity index is 2.21. The van der Waals surface area contributed by atoms with E-state index in [2.05, 4.69) is 13.8 Å². The van der Waals surface area contributed by atoms with Crippen LogP contribution in [0.15, 0.2) is 0 Å². The van der Waals surface area contributed by atoms with Crippen LogP contribution in [0.5, 0.6) is 0 Å². The fraction of sp³-hybridized carbons (Fsp3) is 0.900. The van der Waals surface area contributed by atoms with Gasteiger partial charge in [0.1, 0.15) is 0 Å². The summed E-state index contributed by atoms with van der Waals surface area (Å²) in [5.41, 5.74) is 0.140.